The lowest BCUT2D eigenvalue weighted by Crippen LogP contribution is -1.83. The zero-order chi connectivity index (χ0) is 17.2. The van der Waals surface area contributed by atoms with Gasteiger partial charge >= 0.3 is 0 Å². The van der Waals surface area contributed by atoms with E-state index in [4.69, 9.17) is 28.2 Å². The topological polar surface area (TPSA) is 28.7 Å². The minimum Gasteiger partial charge on any atom is -0.337 e. The van der Waals surface area contributed by atoms with E-state index in [1.807, 2.05) is 60.7 Å². The summed E-state index contributed by atoms with van der Waals surface area (Å²) in [6, 6.07) is 25.8. The number of nitrogens with one attached hydrogen (secondary N) is 1. The van der Waals surface area contributed by atoms with Crippen LogP contribution in [-0.4, -0.2) is 9.97 Å². The highest BCUT2D eigenvalue weighted by molar-refractivity contribution is 6.43. The van der Waals surface area contributed by atoms with Gasteiger partial charge in [-0.25, -0.2) is 4.98 Å². The molecule has 0 aliphatic rings. The van der Waals surface area contributed by atoms with Crippen LogP contribution in [0, 0.1) is 0 Å². The van der Waals surface area contributed by atoms with Crippen LogP contribution in [-0.2, 0) is 0 Å². The molecule has 25 heavy (non-hydrogen) atoms. The molecule has 0 aliphatic heterocycles. The van der Waals surface area contributed by atoms with E-state index < -0.39 is 0 Å². The average Bonchev–Trinajstić information content (AvgIpc) is 3.10. The van der Waals surface area contributed by atoms with Crippen LogP contribution < -0.4 is 0 Å². The van der Waals surface area contributed by atoms with E-state index >= 15 is 0 Å². The highest BCUT2D eigenvalue weighted by atomic mass is 35.5. The van der Waals surface area contributed by atoms with Gasteiger partial charge in [0, 0.05) is 16.7 Å². The summed E-state index contributed by atoms with van der Waals surface area (Å²) >= 11 is 12.6. The van der Waals surface area contributed by atoms with Crippen molar-refractivity contribution in [3.63, 3.8) is 0 Å². The molecule has 3 aromatic carbocycles. The van der Waals surface area contributed by atoms with Gasteiger partial charge in [-0.15, -0.1) is 0 Å². The van der Waals surface area contributed by atoms with Gasteiger partial charge in [-0.05, 0) is 12.1 Å². The first-order chi connectivity index (χ1) is 12.2. The minimum atomic E-state index is 0.497. The van der Waals surface area contributed by atoms with E-state index in [2.05, 4.69) is 17.1 Å². The van der Waals surface area contributed by atoms with E-state index in [0.29, 0.717) is 15.9 Å². The molecular formula is C21H14Cl2N2. The average molecular weight is 365 g/mol. The molecule has 4 heteroatoms. The fourth-order valence-corrected chi connectivity index (χ4v) is 3.20. The third-order valence-corrected chi connectivity index (χ3v) is 4.84. The molecule has 0 bridgehead atoms. The number of nitrogens with zero attached hydrogens (tertiary/aromatic N) is 1. The van der Waals surface area contributed by atoms with Gasteiger partial charge in [0.1, 0.15) is 5.82 Å². The molecule has 0 aliphatic carbocycles. The Morgan fingerprint density at radius 3 is 2.00 bits per heavy atom. The normalized spacial score (nSPS) is 10.8. The molecule has 1 aromatic heterocycles. The molecule has 1 heterocycles. The number of halogens is 2. The van der Waals surface area contributed by atoms with Crippen LogP contribution in [0.4, 0.5) is 0 Å². The molecule has 4 aromatic rings. The first-order valence-corrected chi connectivity index (χ1v) is 8.65. The molecule has 0 spiro atoms. The first-order valence-electron chi connectivity index (χ1n) is 7.89. The molecule has 2 nitrogen and oxygen atoms in total. The van der Waals surface area contributed by atoms with Crippen molar-refractivity contribution >= 4 is 23.2 Å². The standard InChI is InChI=1S/C21H14Cl2N2/c22-17-13-7-12-16(18(17)23)21-24-19(14-8-3-1-4-9-14)20(25-21)15-10-5-2-6-11-15/h1-13H,(H,24,25). The Labute approximate surface area is 156 Å². The number of aromatic amines is 1. The SMILES string of the molecule is Clc1cccc(-c2nc(-c3ccccc3)c(-c3ccccc3)[nH]2)c1Cl. The van der Waals surface area contributed by atoms with Gasteiger partial charge in [0.2, 0.25) is 0 Å². The Morgan fingerprint density at radius 2 is 1.32 bits per heavy atom. The first kappa shape index (κ1) is 15.9. The second kappa shape index (κ2) is 6.75. The van der Waals surface area contributed by atoms with Crippen LogP contribution in [0.25, 0.3) is 33.9 Å². The summed E-state index contributed by atoms with van der Waals surface area (Å²) in [4.78, 5) is 8.26. The Hall–Kier alpha value is -2.55. The molecule has 0 atom stereocenters. The number of rotatable bonds is 3. The van der Waals surface area contributed by atoms with Gasteiger partial charge in [-0.1, -0.05) is 89.9 Å². The molecule has 0 saturated heterocycles. The quantitative estimate of drug-likeness (QED) is 0.429. The number of aromatic nitrogens is 2. The molecule has 122 valence electrons. The van der Waals surface area contributed by atoms with Gasteiger partial charge in [-0.3, -0.25) is 0 Å². The monoisotopic (exact) mass is 364 g/mol. The van der Waals surface area contributed by atoms with Crippen molar-refractivity contribution < 1.29 is 0 Å². The largest absolute Gasteiger partial charge is 0.337 e. The van der Waals surface area contributed by atoms with E-state index in [0.717, 1.165) is 28.1 Å². The lowest BCUT2D eigenvalue weighted by atomic mass is 10.1. The Balaban J connectivity index is 1.94. The predicted octanol–water partition coefficient (Wildman–Crippen LogP) is 6.72. The maximum absolute atomic E-state index is 6.39. The summed E-state index contributed by atoms with van der Waals surface area (Å²) in [5.74, 6) is 0.699. The molecular weight excluding hydrogens is 351 g/mol. The summed E-state index contributed by atoms with van der Waals surface area (Å²) in [6.45, 7) is 0. The number of hydrogen-bond donors (Lipinski definition) is 1. The van der Waals surface area contributed by atoms with Gasteiger partial charge in [0.15, 0.2) is 0 Å². The highest BCUT2D eigenvalue weighted by Crippen LogP contribution is 2.37. The summed E-state index contributed by atoms with van der Waals surface area (Å²) in [5.41, 5.74) is 4.74. The molecule has 0 saturated carbocycles. The van der Waals surface area contributed by atoms with Crippen LogP contribution in [0.5, 0.6) is 0 Å². The van der Waals surface area contributed by atoms with Crippen LogP contribution in [0.3, 0.4) is 0 Å². The Kier molecular flexibility index (Phi) is 4.31. The van der Waals surface area contributed by atoms with Crippen molar-refractivity contribution in [1.29, 1.82) is 0 Å². The molecule has 0 unspecified atom stereocenters. The Bertz CT molecular complexity index is 952. The second-order valence-corrected chi connectivity index (χ2v) is 6.43. The Morgan fingerprint density at radius 1 is 0.680 bits per heavy atom. The van der Waals surface area contributed by atoms with Gasteiger partial charge in [0.05, 0.1) is 21.4 Å². The van der Waals surface area contributed by atoms with Crippen LogP contribution in [0.1, 0.15) is 0 Å². The molecule has 0 fully saturated rings. The molecule has 0 amide bonds. The smallest absolute Gasteiger partial charge is 0.140 e. The molecule has 4 rings (SSSR count). The zero-order valence-electron chi connectivity index (χ0n) is 13.2. The third kappa shape index (κ3) is 3.07. The predicted molar refractivity (Wildman–Crippen MR) is 105 cm³/mol. The number of benzene rings is 3. The fraction of sp³-hybridized carbons (Fsp3) is 0. The van der Waals surface area contributed by atoms with Crippen molar-refractivity contribution in [3.8, 4) is 33.9 Å². The van der Waals surface area contributed by atoms with Gasteiger partial charge in [0.25, 0.3) is 0 Å². The van der Waals surface area contributed by atoms with E-state index in [9.17, 15) is 0 Å². The van der Waals surface area contributed by atoms with Crippen LogP contribution >= 0.6 is 23.2 Å². The minimum absolute atomic E-state index is 0.497. The molecule has 0 radical (unpaired) electrons. The highest BCUT2D eigenvalue weighted by Gasteiger charge is 2.17. The number of H-pyrrole nitrogens is 1. The maximum atomic E-state index is 6.39. The second-order valence-electron chi connectivity index (χ2n) is 5.64. The fourth-order valence-electron chi connectivity index (χ4n) is 2.81. The van der Waals surface area contributed by atoms with Gasteiger partial charge in [-0.2, -0.15) is 0 Å². The van der Waals surface area contributed by atoms with E-state index in [1.54, 1.807) is 6.07 Å². The summed E-state index contributed by atoms with van der Waals surface area (Å²) in [7, 11) is 0. The number of hydrogen-bond acceptors (Lipinski definition) is 1. The van der Waals surface area contributed by atoms with Crippen molar-refractivity contribution in [3.05, 3.63) is 88.9 Å². The molecule has 1 N–H and O–H groups in total. The zero-order valence-corrected chi connectivity index (χ0v) is 14.7. The lowest BCUT2D eigenvalue weighted by molar-refractivity contribution is 1.31. The lowest BCUT2D eigenvalue weighted by Gasteiger charge is -2.02. The van der Waals surface area contributed by atoms with Crippen molar-refractivity contribution in [2.45, 2.75) is 0 Å². The van der Waals surface area contributed by atoms with Crippen molar-refractivity contribution in [2.24, 2.45) is 0 Å². The van der Waals surface area contributed by atoms with Crippen LogP contribution in [0.15, 0.2) is 78.9 Å². The van der Waals surface area contributed by atoms with E-state index in [-0.39, 0.29) is 0 Å². The summed E-state index contributed by atoms with van der Waals surface area (Å²) in [5, 5.41) is 1.01. The van der Waals surface area contributed by atoms with Gasteiger partial charge < -0.3 is 4.98 Å². The van der Waals surface area contributed by atoms with Crippen molar-refractivity contribution in [1.82, 2.24) is 9.97 Å². The van der Waals surface area contributed by atoms with E-state index in [1.165, 1.54) is 0 Å². The summed E-state index contributed by atoms with van der Waals surface area (Å²) in [6.07, 6.45) is 0. The number of imidazole rings is 1. The van der Waals surface area contributed by atoms with Crippen LogP contribution in [0.2, 0.25) is 10.0 Å². The maximum Gasteiger partial charge on any atom is 0.140 e. The third-order valence-electron chi connectivity index (χ3n) is 4.02. The summed E-state index contributed by atoms with van der Waals surface area (Å²) < 4.78 is 0. The van der Waals surface area contributed by atoms with Crippen molar-refractivity contribution in [2.75, 3.05) is 0 Å².